The summed E-state index contributed by atoms with van der Waals surface area (Å²) < 4.78 is 0. The van der Waals surface area contributed by atoms with Gasteiger partial charge in [-0.3, -0.25) is 4.79 Å². The Kier molecular flexibility index (Phi) is 3.66. The lowest BCUT2D eigenvalue weighted by Crippen LogP contribution is -2.36. The molecule has 2 rings (SSSR count). The summed E-state index contributed by atoms with van der Waals surface area (Å²) in [6.07, 6.45) is 0. The normalized spacial score (nSPS) is 10.7. The second-order valence-electron chi connectivity index (χ2n) is 4.44. The first kappa shape index (κ1) is 13.3. The van der Waals surface area contributed by atoms with Crippen LogP contribution < -0.4 is 16.3 Å². The average Bonchev–Trinajstić information content (AvgIpc) is 2.68. The number of H-pyrrole nitrogens is 2. The second-order valence-corrected chi connectivity index (χ2v) is 4.85. The van der Waals surface area contributed by atoms with Gasteiger partial charge in [-0.1, -0.05) is 13.8 Å². The molecule has 0 atom stereocenters. The molecule has 1 aromatic heterocycles. The van der Waals surface area contributed by atoms with E-state index in [4.69, 9.17) is 12.2 Å². The molecule has 7 heteroatoms. The molecule has 100 valence electrons. The Hall–Kier alpha value is -2.15. The number of carbonyl (C=O) groups excluding carboxylic acids is 1. The fourth-order valence-electron chi connectivity index (χ4n) is 1.53. The first-order valence-corrected chi connectivity index (χ1v) is 6.20. The van der Waals surface area contributed by atoms with Crippen molar-refractivity contribution in [2.75, 3.05) is 5.32 Å². The largest absolute Gasteiger partial charge is 0.332 e. The number of anilines is 1. The first-order chi connectivity index (χ1) is 8.95. The molecule has 0 saturated heterocycles. The van der Waals surface area contributed by atoms with Gasteiger partial charge in [-0.15, -0.1) is 0 Å². The van der Waals surface area contributed by atoms with E-state index in [1.54, 1.807) is 32.0 Å². The van der Waals surface area contributed by atoms with Gasteiger partial charge in [0.1, 0.15) is 0 Å². The molecule has 1 heterocycles. The van der Waals surface area contributed by atoms with Crippen molar-refractivity contribution in [1.29, 1.82) is 0 Å². The molecular weight excluding hydrogens is 264 g/mol. The van der Waals surface area contributed by atoms with Crippen molar-refractivity contribution >= 4 is 40.0 Å². The minimum absolute atomic E-state index is 0.136. The Balaban J connectivity index is 2.10. The van der Waals surface area contributed by atoms with Gasteiger partial charge in [-0.25, -0.2) is 4.79 Å². The van der Waals surface area contributed by atoms with Gasteiger partial charge in [0.25, 0.3) is 0 Å². The zero-order valence-electron chi connectivity index (χ0n) is 10.5. The molecule has 0 aliphatic rings. The van der Waals surface area contributed by atoms with Crippen molar-refractivity contribution in [3.63, 3.8) is 0 Å². The first-order valence-electron chi connectivity index (χ1n) is 5.79. The van der Waals surface area contributed by atoms with Crippen LogP contribution in [0.1, 0.15) is 13.8 Å². The molecule has 0 aliphatic carbocycles. The average molecular weight is 278 g/mol. The number of benzene rings is 1. The minimum Gasteiger partial charge on any atom is -0.332 e. The lowest BCUT2D eigenvalue weighted by molar-refractivity contribution is -0.122. The number of amides is 1. The number of thiocarbonyl (C=S) groups is 1. The molecule has 2 aromatic rings. The van der Waals surface area contributed by atoms with E-state index in [0.717, 1.165) is 0 Å². The predicted octanol–water partition coefficient (Wildman–Crippen LogP) is 1.33. The molecule has 6 nitrogen and oxygen atoms in total. The number of fused-ring (bicyclic) bond motifs is 1. The molecule has 0 unspecified atom stereocenters. The summed E-state index contributed by atoms with van der Waals surface area (Å²) in [5.41, 5.74) is 1.82. The maximum atomic E-state index is 11.5. The zero-order chi connectivity index (χ0) is 14.0. The molecule has 4 N–H and O–H groups in total. The van der Waals surface area contributed by atoms with E-state index in [1.165, 1.54) is 0 Å². The number of rotatable bonds is 2. The third-order valence-corrected chi connectivity index (χ3v) is 2.74. The SMILES string of the molecule is CC(C)C(=O)NC(=S)Nc1ccc2[nH]c(=O)[nH]c2c1. The topological polar surface area (TPSA) is 89.8 Å². The molecule has 0 fully saturated rings. The second kappa shape index (κ2) is 5.23. The Labute approximate surface area is 114 Å². The Bertz CT molecular complexity index is 686. The van der Waals surface area contributed by atoms with Crippen molar-refractivity contribution in [3.8, 4) is 0 Å². The molecular formula is C12H14N4O2S. The number of hydrogen-bond donors (Lipinski definition) is 4. The maximum Gasteiger partial charge on any atom is 0.323 e. The summed E-state index contributed by atoms with van der Waals surface area (Å²) >= 11 is 5.04. The van der Waals surface area contributed by atoms with Crippen LogP contribution in [-0.4, -0.2) is 21.0 Å². The van der Waals surface area contributed by atoms with Gasteiger partial charge in [-0.2, -0.15) is 0 Å². The van der Waals surface area contributed by atoms with E-state index in [9.17, 15) is 9.59 Å². The third kappa shape index (κ3) is 3.19. The van der Waals surface area contributed by atoms with Crippen LogP contribution in [0.2, 0.25) is 0 Å². The smallest absolute Gasteiger partial charge is 0.323 e. The molecule has 19 heavy (non-hydrogen) atoms. The lowest BCUT2D eigenvalue weighted by atomic mass is 10.2. The third-order valence-electron chi connectivity index (χ3n) is 2.53. The number of nitrogens with one attached hydrogen (secondary N) is 4. The molecule has 0 saturated carbocycles. The Morgan fingerprint density at radius 1 is 1.26 bits per heavy atom. The summed E-state index contributed by atoms with van der Waals surface area (Å²) in [6.45, 7) is 3.57. The number of hydrogen-bond acceptors (Lipinski definition) is 3. The highest BCUT2D eigenvalue weighted by Gasteiger charge is 2.09. The van der Waals surface area contributed by atoms with E-state index in [0.29, 0.717) is 16.7 Å². The number of imidazole rings is 1. The zero-order valence-corrected chi connectivity index (χ0v) is 11.4. The van der Waals surface area contributed by atoms with Crippen molar-refractivity contribution < 1.29 is 4.79 Å². The molecule has 0 aliphatic heterocycles. The number of carbonyl (C=O) groups is 1. The summed E-state index contributed by atoms with van der Waals surface area (Å²) in [5, 5.41) is 5.71. The van der Waals surface area contributed by atoms with Crippen molar-refractivity contribution in [1.82, 2.24) is 15.3 Å². The molecule has 1 amide bonds. The highest BCUT2D eigenvalue weighted by molar-refractivity contribution is 7.80. The highest BCUT2D eigenvalue weighted by atomic mass is 32.1. The van der Waals surface area contributed by atoms with E-state index in [-0.39, 0.29) is 22.6 Å². The van der Waals surface area contributed by atoms with E-state index >= 15 is 0 Å². The van der Waals surface area contributed by atoms with Crippen LogP contribution in [0.3, 0.4) is 0 Å². The summed E-state index contributed by atoms with van der Waals surface area (Å²) in [6, 6.07) is 5.25. The van der Waals surface area contributed by atoms with Crippen molar-refractivity contribution in [2.45, 2.75) is 13.8 Å². The van der Waals surface area contributed by atoms with Crippen LogP contribution in [0.5, 0.6) is 0 Å². The predicted molar refractivity (Wildman–Crippen MR) is 78.1 cm³/mol. The van der Waals surface area contributed by atoms with Gasteiger partial charge >= 0.3 is 5.69 Å². The van der Waals surface area contributed by atoms with E-state index in [1.807, 2.05) is 0 Å². The summed E-state index contributed by atoms with van der Waals surface area (Å²) in [5.74, 6) is -0.281. The maximum absolute atomic E-state index is 11.5. The van der Waals surface area contributed by atoms with Crippen LogP contribution in [0.4, 0.5) is 5.69 Å². The monoisotopic (exact) mass is 278 g/mol. The van der Waals surface area contributed by atoms with Crippen LogP contribution in [0.25, 0.3) is 11.0 Å². The Morgan fingerprint density at radius 2 is 1.95 bits per heavy atom. The fraction of sp³-hybridized carbons (Fsp3) is 0.250. The highest BCUT2D eigenvalue weighted by Crippen LogP contribution is 2.14. The van der Waals surface area contributed by atoms with Gasteiger partial charge in [-0.05, 0) is 30.4 Å². The van der Waals surface area contributed by atoms with Crippen LogP contribution >= 0.6 is 12.2 Å². The Morgan fingerprint density at radius 3 is 2.63 bits per heavy atom. The van der Waals surface area contributed by atoms with Gasteiger partial charge < -0.3 is 20.6 Å². The van der Waals surface area contributed by atoms with Gasteiger partial charge in [0.15, 0.2) is 5.11 Å². The van der Waals surface area contributed by atoms with Crippen molar-refractivity contribution in [3.05, 3.63) is 28.7 Å². The minimum atomic E-state index is -0.261. The standard InChI is InChI=1S/C12H14N4O2S/c1-6(2)10(17)16-12(19)13-7-3-4-8-9(5-7)15-11(18)14-8/h3-6H,1-2H3,(H2,14,15,18)(H2,13,16,17,19). The van der Waals surface area contributed by atoms with Crippen LogP contribution in [0, 0.1) is 5.92 Å². The number of aromatic nitrogens is 2. The van der Waals surface area contributed by atoms with Crippen molar-refractivity contribution in [2.24, 2.45) is 5.92 Å². The lowest BCUT2D eigenvalue weighted by Gasteiger charge is -2.11. The van der Waals surface area contributed by atoms with Gasteiger partial charge in [0.2, 0.25) is 5.91 Å². The van der Waals surface area contributed by atoms with Crippen LogP contribution in [-0.2, 0) is 4.79 Å². The summed E-state index contributed by atoms with van der Waals surface area (Å²) in [4.78, 5) is 27.9. The molecule has 1 aromatic carbocycles. The number of aromatic amines is 2. The van der Waals surface area contributed by atoms with E-state index < -0.39 is 0 Å². The molecule has 0 spiro atoms. The quantitative estimate of drug-likeness (QED) is 0.624. The van der Waals surface area contributed by atoms with Crippen LogP contribution in [0.15, 0.2) is 23.0 Å². The summed E-state index contributed by atoms with van der Waals surface area (Å²) in [7, 11) is 0. The molecule has 0 radical (unpaired) electrons. The molecule has 0 bridgehead atoms. The fourth-order valence-corrected chi connectivity index (χ4v) is 1.75. The van der Waals surface area contributed by atoms with E-state index in [2.05, 4.69) is 20.6 Å². The van der Waals surface area contributed by atoms with Gasteiger partial charge in [0, 0.05) is 11.6 Å². The van der Waals surface area contributed by atoms with Gasteiger partial charge in [0.05, 0.1) is 11.0 Å².